The second-order valence-electron chi connectivity index (χ2n) is 9.10. The largest absolute Gasteiger partial charge is 0.494 e. The zero-order valence-corrected chi connectivity index (χ0v) is 19.7. The highest BCUT2D eigenvalue weighted by Gasteiger charge is 2.21. The van der Waals surface area contributed by atoms with E-state index in [0.29, 0.717) is 11.8 Å². The van der Waals surface area contributed by atoms with Gasteiger partial charge in [-0.15, -0.1) is 0 Å². The van der Waals surface area contributed by atoms with E-state index in [0.717, 1.165) is 24.3 Å². The SMILES string of the molecule is CCCCCOc1ccc(C2CCC(C#Cc3ccc(CCCCC)cc3)CC2)cc1. The van der Waals surface area contributed by atoms with Crippen LogP contribution in [0.15, 0.2) is 48.5 Å². The predicted octanol–water partition coefficient (Wildman–Crippen LogP) is 8.31. The number of unbranched alkanes of at least 4 members (excludes halogenated alkanes) is 4. The van der Waals surface area contributed by atoms with Gasteiger partial charge in [0.1, 0.15) is 5.75 Å². The van der Waals surface area contributed by atoms with Crippen LogP contribution in [0.3, 0.4) is 0 Å². The zero-order chi connectivity index (χ0) is 21.7. The third-order valence-electron chi connectivity index (χ3n) is 6.54. The molecule has 31 heavy (non-hydrogen) atoms. The fraction of sp³-hybridized carbons (Fsp3) is 0.533. The van der Waals surface area contributed by atoms with Crippen LogP contribution in [0, 0.1) is 17.8 Å². The number of hydrogen-bond donors (Lipinski definition) is 0. The van der Waals surface area contributed by atoms with Gasteiger partial charge in [-0.3, -0.25) is 0 Å². The van der Waals surface area contributed by atoms with Gasteiger partial charge in [0.15, 0.2) is 0 Å². The highest BCUT2D eigenvalue weighted by atomic mass is 16.5. The molecule has 0 bridgehead atoms. The average Bonchev–Trinajstić information content (AvgIpc) is 2.82. The van der Waals surface area contributed by atoms with Crippen LogP contribution in [0.2, 0.25) is 0 Å². The summed E-state index contributed by atoms with van der Waals surface area (Å²) in [5.41, 5.74) is 4.07. The van der Waals surface area contributed by atoms with Crippen LogP contribution in [0.25, 0.3) is 0 Å². The quantitative estimate of drug-likeness (QED) is 0.279. The fourth-order valence-electron chi connectivity index (χ4n) is 4.47. The summed E-state index contributed by atoms with van der Waals surface area (Å²) in [4.78, 5) is 0. The van der Waals surface area contributed by atoms with E-state index < -0.39 is 0 Å². The minimum atomic E-state index is 0.543. The molecule has 1 aliphatic carbocycles. The fourth-order valence-corrected chi connectivity index (χ4v) is 4.47. The van der Waals surface area contributed by atoms with Crippen molar-refractivity contribution in [3.05, 3.63) is 65.2 Å². The first kappa shape index (κ1) is 23.5. The summed E-state index contributed by atoms with van der Waals surface area (Å²) < 4.78 is 5.85. The lowest BCUT2D eigenvalue weighted by atomic mass is 9.79. The van der Waals surface area contributed by atoms with E-state index in [1.54, 1.807) is 0 Å². The average molecular weight is 417 g/mol. The van der Waals surface area contributed by atoms with Crippen molar-refractivity contribution in [2.24, 2.45) is 5.92 Å². The van der Waals surface area contributed by atoms with Crippen molar-refractivity contribution >= 4 is 0 Å². The number of aryl methyl sites for hydroxylation is 1. The molecule has 1 heteroatoms. The second-order valence-corrected chi connectivity index (χ2v) is 9.10. The van der Waals surface area contributed by atoms with Crippen molar-refractivity contribution in [1.29, 1.82) is 0 Å². The van der Waals surface area contributed by atoms with Crippen molar-refractivity contribution in [3.63, 3.8) is 0 Å². The normalized spacial score (nSPS) is 18.3. The first-order valence-corrected chi connectivity index (χ1v) is 12.6. The Bertz CT molecular complexity index is 798. The molecule has 2 aromatic carbocycles. The maximum Gasteiger partial charge on any atom is 0.119 e. The van der Waals surface area contributed by atoms with Crippen LogP contribution in [0.1, 0.15) is 101 Å². The highest BCUT2D eigenvalue weighted by Crippen LogP contribution is 2.36. The molecule has 0 amide bonds. The first-order chi connectivity index (χ1) is 15.3. The van der Waals surface area contributed by atoms with Crippen molar-refractivity contribution < 1.29 is 4.74 Å². The lowest BCUT2D eigenvalue weighted by Crippen LogP contribution is -2.12. The Hall–Kier alpha value is -2.20. The molecule has 0 spiro atoms. The molecule has 1 saturated carbocycles. The molecule has 1 aliphatic rings. The maximum absolute atomic E-state index is 5.85. The van der Waals surface area contributed by atoms with Gasteiger partial charge in [0, 0.05) is 11.5 Å². The summed E-state index contributed by atoms with van der Waals surface area (Å²) in [6.07, 6.45) is 13.6. The van der Waals surface area contributed by atoms with Gasteiger partial charge in [-0.25, -0.2) is 0 Å². The third-order valence-corrected chi connectivity index (χ3v) is 6.54. The third kappa shape index (κ3) is 8.10. The standard InChI is InChI=1S/C30H40O/c1-3-5-7-9-25-10-12-26(13-11-25)14-15-27-16-18-28(19-17-27)29-20-22-30(23-21-29)31-24-8-6-4-2/h10-13,20-23,27-28H,3-9,16-19,24H2,1-2H3. The molecule has 3 rings (SSSR count). The molecule has 0 N–H and O–H groups in total. The van der Waals surface area contributed by atoms with Gasteiger partial charge < -0.3 is 4.74 Å². The Balaban J connectivity index is 1.42. The molecule has 0 radical (unpaired) electrons. The van der Waals surface area contributed by atoms with Gasteiger partial charge in [0.05, 0.1) is 6.61 Å². The molecule has 0 heterocycles. The molecule has 1 nitrogen and oxygen atoms in total. The minimum absolute atomic E-state index is 0.543. The summed E-state index contributed by atoms with van der Waals surface area (Å²) in [5, 5.41) is 0. The van der Waals surface area contributed by atoms with Crippen molar-refractivity contribution in [1.82, 2.24) is 0 Å². The van der Waals surface area contributed by atoms with Gasteiger partial charge in [0.2, 0.25) is 0 Å². The Morgan fingerprint density at radius 1 is 0.774 bits per heavy atom. The molecular formula is C30H40O. The highest BCUT2D eigenvalue weighted by molar-refractivity contribution is 5.37. The van der Waals surface area contributed by atoms with E-state index >= 15 is 0 Å². The Morgan fingerprint density at radius 3 is 2.13 bits per heavy atom. The monoisotopic (exact) mass is 416 g/mol. The zero-order valence-electron chi connectivity index (χ0n) is 19.7. The van der Waals surface area contributed by atoms with E-state index in [2.05, 4.69) is 74.2 Å². The van der Waals surface area contributed by atoms with Gasteiger partial charge >= 0.3 is 0 Å². The minimum Gasteiger partial charge on any atom is -0.494 e. The van der Waals surface area contributed by atoms with Gasteiger partial charge in [-0.05, 0) is 86.3 Å². The molecular weight excluding hydrogens is 376 g/mol. The summed E-state index contributed by atoms with van der Waals surface area (Å²) >= 11 is 0. The van der Waals surface area contributed by atoms with E-state index in [1.807, 2.05) is 0 Å². The van der Waals surface area contributed by atoms with Gasteiger partial charge in [0.25, 0.3) is 0 Å². The summed E-state index contributed by atoms with van der Waals surface area (Å²) in [6.45, 7) is 5.31. The molecule has 1 fully saturated rings. The van der Waals surface area contributed by atoms with Crippen LogP contribution in [-0.2, 0) is 6.42 Å². The van der Waals surface area contributed by atoms with E-state index in [9.17, 15) is 0 Å². The van der Waals surface area contributed by atoms with Crippen LogP contribution in [-0.4, -0.2) is 6.61 Å². The van der Waals surface area contributed by atoms with Gasteiger partial charge in [-0.1, -0.05) is 75.6 Å². The molecule has 0 aromatic heterocycles. The van der Waals surface area contributed by atoms with E-state index in [-0.39, 0.29) is 0 Å². The van der Waals surface area contributed by atoms with Gasteiger partial charge in [-0.2, -0.15) is 0 Å². The van der Waals surface area contributed by atoms with Crippen LogP contribution in [0.5, 0.6) is 5.75 Å². The molecule has 2 aromatic rings. The number of hydrogen-bond acceptors (Lipinski definition) is 1. The Morgan fingerprint density at radius 2 is 1.45 bits per heavy atom. The van der Waals surface area contributed by atoms with Crippen molar-refractivity contribution in [2.45, 2.75) is 90.4 Å². The molecule has 166 valence electrons. The topological polar surface area (TPSA) is 9.23 Å². The lowest BCUT2D eigenvalue weighted by Gasteiger charge is -2.26. The van der Waals surface area contributed by atoms with Crippen LogP contribution >= 0.6 is 0 Å². The lowest BCUT2D eigenvalue weighted by molar-refractivity contribution is 0.306. The summed E-state index contributed by atoms with van der Waals surface area (Å²) in [6, 6.07) is 17.8. The van der Waals surface area contributed by atoms with E-state index in [1.165, 1.54) is 75.3 Å². The maximum atomic E-state index is 5.85. The van der Waals surface area contributed by atoms with Crippen LogP contribution < -0.4 is 4.74 Å². The molecule has 0 aliphatic heterocycles. The number of ether oxygens (including phenoxy) is 1. The Labute approximate surface area is 190 Å². The second kappa shape index (κ2) is 13.3. The number of rotatable bonds is 10. The van der Waals surface area contributed by atoms with Crippen LogP contribution in [0.4, 0.5) is 0 Å². The summed E-state index contributed by atoms with van der Waals surface area (Å²) in [7, 11) is 0. The number of benzene rings is 2. The van der Waals surface area contributed by atoms with Crippen molar-refractivity contribution in [2.75, 3.05) is 6.61 Å². The molecule has 0 saturated heterocycles. The molecule has 0 atom stereocenters. The Kier molecular flexibility index (Phi) is 10.0. The first-order valence-electron chi connectivity index (χ1n) is 12.6. The van der Waals surface area contributed by atoms with Crippen molar-refractivity contribution in [3.8, 4) is 17.6 Å². The summed E-state index contributed by atoms with van der Waals surface area (Å²) in [5.74, 6) is 9.22. The van der Waals surface area contributed by atoms with E-state index in [4.69, 9.17) is 4.74 Å². The molecule has 0 unspecified atom stereocenters. The predicted molar refractivity (Wildman–Crippen MR) is 133 cm³/mol. The smallest absolute Gasteiger partial charge is 0.119 e.